The zero-order valence-corrected chi connectivity index (χ0v) is 16.9. The van der Waals surface area contributed by atoms with Crippen LogP contribution in [0.5, 0.6) is 0 Å². The molecule has 0 aromatic rings. The van der Waals surface area contributed by atoms with E-state index in [0.29, 0.717) is 19.8 Å². The summed E-state index contributed by atoms with van der Waals surface area (Å²) in [5, 5.41) is 19.2. The van der Waals surface area contributed by atoms with Crippen molar-refractivity contribution >= 4 is 0 Å². The molecular weight excluding hydrogens is 360 g/mol. The second kappa shape index (κ2) is 20.3. The molecule has 0 aliphatic carbocycles. The standard InChI is InChI=1S/C17H38N2O8/c1-4-6-8-22-11-16(20)13-24-26-18-10-15(3)19-27-25-14-17(21)12-23-9-7-5-2/h15-21H,4-14H2,1-3H3. The number of hydrogen-bond acceptors (Lipinski definition) is 10. The van der Waals surface area contributed by atoms with Crippen LogP contribution in [0.1, 0.15) is 46.5 Å². The summed E-state index contributed by atoms with van der Waals surface area (Å²) in [5.74, 6) is 0. The minimum Gasteiger partial charge on any atom is -0.388 e. The second-order valence-corrected chi connectivity index (χ2v) is 6.27. The molecule has 0 aromatic heterocycles. The van der Waals surface area contributed by atoms with Crippen molar-refractivity contribution in [3.05, 3.63) is 0 Å². The molecule has 4 N–H and O–H groups in total. The molecule has 3 unspecified atom stereocenters. The van der Waals surface area contributed by atoms with Crippen molar-refractivity contribution in [3.63, 3.8) is 0 Å². The number of nitrogens with one attached hydrogen (secondary N) is 2. The topological polar surface area (TPSA) is 120 Å². The molecule has 0 saturated heterocycles. The van der Waals surface area contributed by atoms with E-state index >= 15 is 0 Å². The SMILES string of the molecule is CCCCOCC(O)COONCC(C)NOOCC(O)COCCCC. The molecule has 0 saturated carbocycles. The molecule has 27 heavy (non-hydrogen) atoms. The Kier molecular flexibility index (Phi) is 20.0. The van der Waals surface area contributed by atoms with Gasteiger partial charge in [-0.15, -0.1) is 9.98 Å². The predicted molar refractivity (Wildman–Crippen MR) is 98.1 cm³/mol. The zero-order chi connectivity index (χ0) is 20.2. The Balaban J connectivity index is 3.37. The van der Waals surface area contributed by atoms with Crippen molar-refractivity contribution in [3.8, 4) is 0 Å². The molecule has 0 aromatic carbocycles. The third-order valence-electron chi connectivity index (χ3n) is 3.24. The Bertz CT molecular complexity index is 302. The van der Waals surface area contributed by atoms with Gasteiger partial charge in [0.25, 0.3) is 0 Å². The highest BCUT2D eigenvalue weighted by atomic mass is 17.3. The van der Waals surface area contributed by atoms with E-state index in [1.54, 1.807) is 0 Å². The van der Waals surface area contributed by atoms with Gasteiger partial charge in [0.15, 0.2) is 0 Å². The average molecular weight is 398 g/mol. The first-order valence-electron chi connectivity index (χ1n) is 9.67. The summed E-state index contributed by atoms with van der Waals surface area (Å²) in [7, 11) is 0. The first-order valence-corrected chi connectivity index (χ1v) is 9.67. The van der Waals surface area contributed by atoms with E-state index in [1.165, 1.54) is 0 Å². The summed E-state index contributed by atoms with van der Waals surface area (Å²) < 4.78 is 10.5. The van der Waals surface area contributed by atoms with Crippen molar-refractivity contribution in [1.29, 1.82) is 0 Å². The van der Waals surface area contributed by atoms with Gasteiger partial charge in [-0.3, -0.25) is 0 Å². The fraction of sp³-hybridized carbons (Fsp3) is 1.00. The van der Waals surface area contributed by atoms with Crippen LogP contribution >= 0.6 is 0 Å². The van der Waals surface area contributed by atoms with Crippen molar-refractivity contribution < 1.29 is 39.4 Å². The summed E-state index contributed by atoms with van der Waals surface area (Å²) >= 11 is 0. The lowest BCUT2D eigenvalue weighted by atomic mass is 10.3. The van der Waals surface area contributed by atoms with Crippen LogP contribution in [-0.4, -0.2) is 74.6 Å². The van der Waals surface area contributed by atoms with Crippen LogP contribution in [0.25, 0.3) is 0 Å². The minimum atomic E-state index is -0.744. The van der Waals surface area contributed by atoms with E-state index in [1.807, 2.05) is 6.92 Å². The summed E-state index contributed by atoms with van der Waals surface area (Å²) in [6.07, 6.45) is 2.55. The highest BCUT2D eigenvalue weighted by Gasteiger charge is 2.08. The number of ether oxygens (including phenoxy) is 2. The molecule has 0 amide bonds. The summed E-state index contributed by atoms with van der Waals surface area (Å²) in [6, 6.07) is -0.158. The van der Waals surface area contributed by atoms with Crippen LogP contribution in [0.4, 0.5) is 0 Å². The number of aliphatic hydroxyl groups excluding tert-OH is 2. The third-order valence-corrected chi connectivity index (χ3v) is 3.24. The van der Waals surface area contributed by atoms with Crippen molar-refractivity contribution in [2.75, 3.05) is 46.2 Å². The van der Waals surface area contributed by atoms with E-state index in [4.69, 9.17) is 29.2 Å². The molecule has 0 aliphatic heterocycles. The fourth-order valence-electron chi connectivity index (χ4n) is 1.61. The lowest BCUT2D eigenvalue weighted by Gasteiger charge is -2.15. The number of hydroxylamine groups is 2. The van der Waals surface area contributed by atoms with Gasteiger partial charge in [0.05, 0.1) is 13.2 Å². The maximum Gasteiger partial charge on any atom is 0.112 e. The monoisotopic (exact) mass is 398 g/mol. The van der Waals surface area contributed by atoms with E-state index in [9.17, 15) is 10.2 Å². The third kappa shape index (κ3) is 20.2. The van der Waals surface area contributed by atoms with Gasteiger partial charge < -0.3 is 19.7 Å². The van der Waals surface area contributed by atoms with Gasteiger partial charge in [-0.25, -0.2) is 9.78 Å². The van der Waals surface area contributed by atoms with Gasteiger partial charge >= 0.3 is 0 Å². The van der Waals surface area contributed by atoms with Gasteiger partial charge in [-0.05, 0) is 19.8 Å². The number of rotatable bonds is 21. The summed E-state index contributed by atoms with van der Waals surface area (Å²) in [6.45, 7) is 7.99. The van der Waals surface area contributed by atoms with Crippen molar-refractivity contribution in [2.24, 2.45) is 0 Å². The maximum atomic E-state index is 9.60. The number of hydrogen-bond donors (Lipinski definition) is 4. The lowest BCUT2D eigenvalue weighted by Crippen LogP contribution is -2.37. The van der Waals surface area contributed by atoms with Gasteiger partial charge in [0.2, 0.25) is 0 Å². The molecule has 0 spiro atoms. The predicted octanol–water partition coefficient (Wildman–Crippen LogP) is 0.636. The van der Waals surface area contributed by atoms with E-state index < -0.39 is 12.2 Å². The number of unbranched alkanes of at least 4 members (excludes halogenated alkanes) is 2. The highest BCUT2D eigenvalue weighted by Crippen LogP contribution is 1.93. The van der Waals surface area contributed by atoms with Gasteiger partial charge in [-0.1, -0.05) is 26.7 Å². The maximum absolute atomic E-state index is 9.60. The lowest BCUT2D eigenvalue weighted by molar-refractivity contribution is -0.360. The Morgan fingerprint density at radius 1 is 0.778 bits per heavy atom. The normalized spacial score (nSPS) is 15.0. The Labute approximate surface area is 162 Å². The Morgan fingerprint density at radius 3 is 1.81 bits per heavy atom. The van der Waals surface area contributed by atoms with Crippen molar-refractivity contribution in [1.82, 2.24) is 11.0 Å². The molecule has 0 bridgehead atoms. The first-order chi connectivity index (χ1) is 13.1. The van der Waals surface area contributed by atoms with Gasteiger partial charge in [-0.2, -0.15) is 11.0 Å². The molecule has 0 radical (unpaired) electrons. The minimum absolute atomic E-state index is 0.00123. The smallest absolute Gasteiger partial charge is 0.112 e. The molecule has 3 atom stereocenters. The zero-order valence-electron chi connectivity index (χ0n) is 16.9. The Morgan fingerprint density at radius 2 is 1.30 bits per heavy atom. The average Bonchev–Trinajstić information content (AvgIpc) is 2.65. The van der Waals surface area contributed by atoms with E-state index in [0.717, 1.165) is 25.7 Å². The van der Waals surface area contributed by atoms with Gasteiger partial charge in [0, 0.05) is 25.8 Å². The molecule has 164 valence electrons. The fourth-order valence-corrected chi connectivity index (χ4v) is 1.61. The number of aliphatic hydroxyl groups is 2. The van der Waals surface area contributed by atoms with E-state index in [2.05, 4.69) is 24.8 Å². The summed E-state index contributed by atoms with van der Waals surface area (Å²) in [4.78, 5) is 19.2. The van der Waals surface area contributed by atoms with Crippen LogP contribution in [-0.2, 0) is 29.2 Å². The quantitative estimate of drug-likeness (QED) is 0.124. The van der Waals surface area contributed by atoms with Crippen LogP contribution in [0, 0.1) is 0 Å². The van der Waals surface area contributed by atoms with Gasteiger partial charge in [0.1, 0.15) is 25.4 Å². The summed E-state index contributed by atoms with van der Waals surface area (Å²) in [5.41, 5.74) is 5.18. The van der Waals surface area contributed by atoms with Crippen molar-refractivity contribution in [2.45, 2.75) is 64.7 Å². The first kappa shape index (κ1) is 26.6. The van der Waals surface area contributed by atoms with E-state index in [-0.39, 0.29) is 32.5 Å². The molecule has 10 nitrogen and oxygen atoms in total. The molecule has 0 aliphatic rings. The highest BCUT2D eigenvalue weighted by molar-refractivity contribution is 4.53. The molecule has 0 heterocycles. The molecule has 10 heteroatoms. The molecule has 0 fully saturated rings. The largest absolute Gasteiger partial charge is 0.388 e. The van der Waals surface area contributed by atoms with Crippen LogP contribution < -0.4 is 11.0 Å². The Hall–Kier alpha value is -0.400. The second-order valence-electron chi connectivity index (χ2n) is 6.27. The van der Waals surface area contributed by atoms with Crippen LogP contribution in [0.2, 0.25) is 0 Å². The molecular formula is C17H38N2O8. The van der Waals surface area contributed by atoms with Crippen LogP contribution in [0.3, 0.4) is 0 Å². The molecule has 0 rings (SSSR count). The van der Waals surface area contributed by atoms with Crippen LogP contribution in [0.15, 0.2) is 0 Å².